The lowest BCUT2D eigenvalue weighted by molar-refractivity contribution is 0.863. The summed E-state index contributed by atoms with van der Waals surface area (Å²) in [5.74, 6) is 0. The van der Waals surface area contributed by atoms with Gasteiger partial charge in [-0.05, 0) is 0 Å². The summed E-state index contributed by atoms with van der Waals surface area (Å²) in [6.07, 6.45) is 8.00. The molecule has 0 aliphatic rings. The van der Waals surface area contributed by atoms with Crippen molar-refractivity contribution in [2.75, 3.05) is 0 Å². The highest BCUT2D eigenvalue weighted by Crippen LogP contribution is 2.28. The number of terminal acetylenes is 1. The maximum Gasteiger partial charge on any atom is 0.0561 e. The van der Waals surface area contributed by atoms with Crippen LogP contribution >= 0.6 is 0 Å². The Kier molecular flexibility index (Phi) is 8.86. The van der Waals surface area contributed by atoms with E-state index in [1.807, 2.05) is 0 Å². The molecule has 0 aromatic carbocycles. The second-order valence-electron chi connectivity index (χ2n) is 3.96. The molecule has 0 amide bonds. The fraction of sp³-hybridized carbons (Fsp3) is 0.818. The van der Waals surface area contributed by atoms with Gasteiger partial charge < -0.3 is 0 Å². The van der Waals surface area contributed by atoms with Gasteiger partial charge in [-0.2, -0.15) is 0 Å². The molecule has 1 heteroatoms. The summed E-state index contributed by atoms with van der Waals surface area (Å²) < 4.78 is 0. The molecule has 0 aliphatic heterocycles. The molecule has 12 heavy (non-hydrogen) atoms. The lowest BCUT2D eigenvalue weighted by Gasteiger charge is -2.26. The minimum atomic E-state index is -0.0957. The van der Waals surface area contributed by atoms with Gasteiger partial charge in [0.1, 0.15) is 0 Å². The third-order valence-electron chi connectivity index (χ3n) is 2.00. The van der Waals surface area contributed by atoms with Crippen LogP contribution in [0, 0.1) is 12.8 Å². The third kappa shape index (κ3) is 5.43. The number of hydrogen-bond acceptors (Lipinski definition) is 0. The standard InChI is InChI=1S/C9H21Si.C2H2/c1-7(2)10(8(3)4)9(5)6;1-2/h7-9H,1-6H3;1-2H. The molecular weight excluding hydrogens is 160 g/mol. The topological polar surface area (TPSA) is 0 Å². The SMILES string of the molecule is C#C.CC(C)[Si](C(C)C)C(C)C. The van der Waals surface area contributed by atoms with E-state index >= 15 is 0 Å². The second-order valence-corrected chi connectivity index (χ2v) is 8.43. The van der Waals surface area contributed by atoms with E-state index in [-0.39, 0.29) is 8.80 Å². The van der Waals surface area contributed by atoms with Crippen LogP contribution in [0.1, 0.15) is 41.5 Å². The summed E-state index contributed by atoms with van der Waals surface area (Å²) >= 11 is 0. The minimum absolute atomic E-state index is 0.0957. The van der Waals surface area contributed by atoms with Crippen molar-refractivity contribution in [1.29, 1.82) is 0 Å². The summed E-state index contributed by atoms with van der Waals surface area (Å²) in [6, 6.07) is 0. The van der Waals surface area contributed by atoms with Gasteiger partial charge in [0.2, 0.25) is 0 Å². The van der Waals surface area contributed by atoms with Crippen LogP contribution in [-0.4, -0.2) is 8.80 Å². The Hall–Kier alpha value is -0.223. The zero-order valence-corrected chi connectivity index (χ0v) is 10.4. The van der Waals surface area contributed by atoms with Crippen molar-refractivity contribution in [3.8, 4) is 12.8 Å². The summed E-state index contributed by atoms with van der Waals surface area (Å²) in [7, 11) is -0.0957. The summed E-state index contributed by atoms with van der Waals surface area (Å²) in [5, 5.41) is 0. The molecule has 0 fully saturated rings. The van der Waals surface area contributed by atoms with Crippen molar-refractivity contribution in [2.45, 2.75) is 58.2 Å². The molecule has 0 N–H and O–H groups in total. The smallest absolute Gasteiger partial charge is 0.0561 e. The molecule has 0 spiro atoms. The Labute approximate surface area is 80.4 Å². The van der Waals surface area contributed by atoms with E-state index in [0.29, 0.717) is 0 Å². The fourth-order valence-corrected chi connectivity index (χ4v) is 6.00. The van der Waals surface area contributed by atoms with E-state index < -0.39 is 0 Å². The van der Waals surface area contributed by atoms with Gasteiger partial charge >= 0.3 is 0 Å². The van der Waals surface area contributed by atoms with E-state index in [1.165, 1.54) is 0 Å². The molecule has 0 aromatic rings. The average Bonchev–Trinajstić information content (AvgIpc) is 1.88. The Morgan fingerprint density at radius 1 is 0.667 bits per heavy atom. The minimum Gasteiger partial charge on any atom is -0.124 e. The van der Waals surface area contributed by atoms with Crippen molar-refractivity contribution in [3.63, 3.8) is 0 Å². The van der Waals surface area contributed by atoms with Crippen molar-refractivity contribution in [3.05, 3.63) is 0 Å². The normalized spacial score (nSPS) is 10.7. The van der Waals surface area contributed by atoms with E-state index in [9.17, 15) is 0 Å². The zero-order chi connectivity index (χ0) is 10.3. The van der Waals surface area contributed by atoms with Gasteiger partial charge in [0.05, 0.1) is 8.80 Å². The molecule has 0 nitrogen and oxygen atoms in total. The highest BCUT2D eigenvalue weighted by molar-refractivity contribution is 6.63. The van der Waals surface area contributed by atoms with Crippen LogP contribution < -0.4 is 0 Å². The van der Waals surface area contributed by atoms with Gasteiger partial charge in [0, 0.05) is 0 Å². The highest BCUT2D eigenvalue weighted by atomic mass is 28.3. The molecule has 0 atom stereocenters. The third-order valence-corrected chi connectivity index (χ3v) is 6.00. The van der Waals surface area contributed by atoms with Crippen LogP contribution in [0.15, 0.2) is 0 Å². The molecule has 0 unspecified atom stereocenters. The van der Waals surface area contributed by atoms with Crippen LogP contribution in [0.25, 0.3) is 0 Å². The van der Waals surface area contributed by atoms with Crippen molar-refractivity contribution in [2.24, 2.45) is 0 Å². The quantitative estimate of drug-likeness (QED) is 0.459. The maximum absolute atomic E-state index is 4.00. The predicted molar refractivity (Wildman–Crippen MR) is 60.9 cm³/mol. The fourth-order valence-electron chi connectivity index (χ4n) is 2.00. The molecule has 0 aromatic heterocycles. The van der Waals surface area contributed by atoms with E-state index in [1.54, 1.807) is 0 Å². The van der Waals surface area contributed by atoms with Crippen LogP contribution in [0.5, 0.6) is 0 Å². The molecule has 0 heterocycles. The first-order chi connectivity index (χ1) is 5.46. The maximum atomic E-state index is 4.00. The molecule has 0 rings (SSSR count). The molecule has 1 radical (unpaired) electrons. The second kappa shape index (κ2) is 7.43. The largest absolute Gasteiger partial charge is 0.124 e. The van der Waals surface area contributed by atoms with Crippen LogP contribution in [0.4, 0.5) is 0 Å². The van der Waals surface area contributed by atoms with Crippen molar-refractivity contribution < 1.29 is 0 Å². The van der Waals surface area contributed by atoms with Crippen LogP contribution in [0.3, 0.4) is 0 Å². The summed E-state index contributed by atoms with van der Waals surface area (Å²) in [4.78, 5) is 0. The molecule has 0 aliphatic carbocycles. The van der Waals surface area contributed by atoms with Gasteiger partial charge in [-0.1, -0.05) is 58.2 Å². The highest BCUT2D eigenvalue weighted by Gasteiger charge is 2.22. The van der Waals surface area contributed by atoms with Gasteiger partial charge in [0.15, 0.2) is 0 Å². The summed E-state index contributed by atoms with van der Waals surface area (Å²) in [6.45, 7) is 14.2. The van der Waals surface area contributed by atoms with Gasteiger partial charge in [-0.25, -0.2) is 0 Å². The van der Waals surface area contributed by atoms with Gasteiger partial charge in [-0.3, -0.25) is 0 Å². The number of hydrogen-bond donors (Lipinski definition) is 0. The van der Waals surface area contributed by atoms with Gasteiger partial charge in [0.25, 0.3) is 0 Å². The van der Waals surface area contributed by atoms with Crippen molar-refractivity contribution >= 4 is 8.80 Å². The lowest BCUT2D eigenvalue weighted by Crippen LogP contribution is -2.24. The molecular formula is C11H23Si. The van der Waals surface area contributed by atoms with Crippen LogP contribution in [-0.2, 0) is 0 Å². The molecule has 0 saturated carbocycles. The average molecular weight is 183 g/mol. The first-order valence-electron chi connectivity index (χ1n) is 4.66. The first-order valence-corrected chi connectivity index (χ1v) is 6.40. The molecule has 71 valence electrons. The Balaban J connectivity index is 0. The van der Waals surface area contributed by atoms with Crippen LogP contribution in [0.2, 0.25) is 16.6 Å². The Morgan fingerprint density at radius 3 is 0.833 bits per heavy atom. The number of rotatable bonds is 3. The lowest BCUT2D eigenvalue weighted by atomic mass is 10.5. The Bertz CT molecular complexity index is 92.4. The van der Waals surface area contributed by atoms with Crippen molar-refractivity contribution in [1.82, 2.24) is 0 Å². The van der Waals surface area contributed by atoms with E-state index in [2.05, 4.69) is 54.4 Å². The zero-order valence-electron chi connectivity index (χ0n) is 9.39. The molecule has 0 saturated heterocycles. The molecule has 0 bridgehead atoms. The van der Waals surface area contributed by atoms with Gasteiger partial charge in [-0.15, -0.1) is 12.8 Å². The summed E-state index contributed by atoms with van der Waals surface area (Å²) in [5.41, 5.74) is 2.81. The monoisotopic (exact) mass is 183 g/mol. The van der Waals surface area contributed by atoms with E-state index in [4.69, 9.17) is 0 Å². The predicted octanol–water partition coefficient (Wildman–Crippen LogP) is 3.96. The Morgan fingerprint density at radius 2 is 0.833 bits per heavy atom. The van der Waals surface area contributed by atoms with E-state index in [0.717, 1.165) is 16.6 Å². The first kappa shape index (κ1) is 14.3.